The zero-order chi connectivity index (χ0) is 14.4. The molecule has 1 aromatic carbocycles. The van der Waals surface area contributed by atoms with Gasteiger partial charge in [-0.1, -0.05) is 12.1 Å². The van der Waals surface area contributed by atoms with Crippen LogP contribution in [0.5, 0.6) is 0 Å². The summed E-state index contributed by atoms with van der Waals surface area (Å²) in [6.45, 7) is 2.78. The molecule has 1 aliphatic heterocycles. The summed E-state index contributed by atoms with van der Waals surface area (Å²) < 4.78 is 5.54. The quantitative estimate of drug-likeness (QED) is 0.831. The molecule has 2 amide bonds. The minimum Gasteiger partial charge on any atom is -0.376 e. The summed E-state index contributed by atoms with van der Waals surface area (Å²) >= 11 is 0. The molecule has 0 aliphatic carbocycles. The van der Waals surface area contributed by atoms with Crippen molar-refractivity contribution in [3.8, 4) is 0 Å². The number of ether oxygens (including phenoxy) is 1. The van der Waals surface area contributed by atoms with Gasteiger partial charge >= 0.3 is 6.03 Å². The van der Waals surface area contributed by atoms with Gasteiger partial charge in [-0.05, 0) is 38.3 Å². The van der Waals surface area contributed by atoms with Crippen LogP contribution in [0.15, 0.2) is 24.3 Å². The van der Waals surface area contributed by atoms with E-state index in [1.807, 2.05) is 0 Å². The van der Waals surface area contributed by atoms with Gasteiger partial charge in [0.1, 0.15) is 0 Å². The van der Waals surface area contributed by atoms with E-state index in [0.29, 0.717) is 17.8 Å². The third-order valence-electron chi connectivity index (χ3n) is 3.29. The Bertz CT molecular complexity index is 482. The molecule has 5 nitrogen and oxygen atoms in total. The lowest BCUT2D eigenvalue weighted by Crippen LogP contribution is -2.37. The highest BCUT2D eigenvalue weighted by atomic mass is 16.5. The van der Waals surface area contributed by atoms with Crippen LogP contribution < -0.4 is 10.6 Å². The van der Waals surface area contributed by atoms with Crippen LogP contribution in [0.2, 0.25) is 0 Å². The lowest BCUT2D eigenvalue weighted by Gasteiger charge is -2.22. The molecule has 5 heteroatoms. The smallest absolute Gasteiger partial charge is 0.319 e. The predicted molar refractivity (Wildman–Crippen MR) is 77.1 cm³/mol. The molecule has 1 atom stereocenters. The molecule has 2 rings (SSSR count). The van der Waals surface area contributed by atoms with Gasteiger partial charge in [0.15, 0.2) is 5.78 Å². The van der Waals surface area contributed by atoms with E-state index >= 15 is 0 Å². The maximum absolute atomic E-state index is 11.8. The zero-order valence-corrected chi connectivity index (χ0v) is 11.6. The van der Waals surface area contributed by atoms with Gasteiger partial charge in [-0.2, -0.15) is 0 Å². The Hall–Kier alpha value is -1.88. The number of ketones is 1. The van der Waals surface area contributed by atoms with Crippen LogP contribution in [-0.2, 0) is 4.74 Å². The summed E-state index contributed by atoms with van der Waals surface area (Å²) in [5.41, 5.74) is 1.19. The summed E-state index contributed by atoms with van der Waals surface area (Å²) in [7, 11) is 0. The summed E-state index contributed by atoms with van der Waals surface area (Å²) in [6, 6.07) is 6.61. The molecule has 0 bridgehead atoms. The SMILES string of the molecule is CC(=O)c1cccc(NC(=O)NCC2CCCCO2)c1. The largest absolute Gasteiger partial charge is 0.376 e. The van der Waals surface area contributed by atoms with Gasteiger partial charge in [-0.3, -0.25) is 4.79 Å². The Labute approximate surface area is 118 Å². The summed E-state index contributed by atoms with van der Waals surface area (Å²) in [4.78, 5) is 23.0. The highest BCUT2D eigenvalue weighted by Crippen LogP contribution is 2.12. The monoisotopic (exact) mass is 276 g/mol. The molecule has 1 aromatic rings. The molecule has 1 heterocycles. The van der Waals surface area contributed by atoms with Gasteiger partial charge in [-0.25, -0.2) is 4.79 Å². The highest BCUT2D eigenvalue weighted by Gasteiger charge is 2.14. The minimum atomic E-state index is -0.278. The van der Waals surface area contributed by atoms with Gasteiger partial charge in [0, 0.05) is 24.4 Å². The van der Waals surface area contributed by atoms with Crippen molar-refractivity contribution >= 4 is 17.5 Å². The van der Waals surface area contributed by atoms with Gasteiger partial charge in [0.05, 0.1) is 6.10 Å². The number of urea groups is 1. The maximum atomic E-state index is 11.8. The third-order valence-corrected chi connectivity index (χ3v) is 3.29. The van der Waals surface area contributed by atoms with E-state index in [0.717, 1.165) is 25.9 Å². The van der Waals surface area contributed by atoms with Gasteiger partial charge in [0.2, 0.25) is 0 Å². The topological polar surface area (TPSA) is 67.4 Å². The number of rotatable bonds is 4. The van der Waals surface area contributed by atoms with Crippen LogP contribution in [0.3, 0.4) is 0 Å². The minimum absolute atomic E-state index is 0.0235. The van der Waals surface area contributed by atoms with Crippen molar-refractivity contribution in [3.63, 3.8) is 0 Å². The second-order valence-electron chi connectivity index (χ2n) is 4.96. The number of carbonyl (C=O) groups excluding carboxylic acids is 2. The Morgan fingerprint density at radius 1 is 1.35 bits per heavy atom. The lowest BCUT2D eigenvalue weighted by atomic mass is 10.1. The van der Waals surface area contributed by atoms with Crippen LogP contribution in [0.4, 0.5) is 10.5 Å². The van der Waals surface area contributed by atoms with Crippen LogP contribution in [0.1, 0.15) is 36.5 Å². The van der Waals surface area contributed by atoms with Crippen LogP contribution in [0.25, 0.3) is 0 Å². The number of amides is 2. The summed E-state index contributed by atoms with van der Waals surface area (Å²) in [6.07, 6.45) is 3.34. The molecule has 1 unspecified atom stereocenters. The van der Waals surface area contributed by atoms with E-state index in [4.69, 9.17) is 4.74 Å². The number of benzene rings is 1. The molecule has 108 valence electrons. The number of Topliss-reactive ketones (excluding diaryl/α,β-unsaturated/α-hetero) is 1. The molecule has 0 saturated carbocycles. The average molecular weight is 276 g/mol. The third kappa shape index (κ3) is 4.35. The van der Waals surface area contributed by atoms with Crippen molar-refractivity contribution in [2.45, 2.75) is 32.3 Å². The molecular weight excluding hydrogens is 256 g/mol. The average Bonchev–Trinajstić information content (AvgIpc) is 2.46. The summed E-state index contributed by atoms with van der Waals surface area (Å²) in [5, 5.41) is 5.51. The Balaban J connectivity index is 1.81. The zero-order valence-electron chi connectivity index (χ0n) is 11.6. The van der Waals surface area contributed by atoms with Crippen LogP contribution >= 0.6 is 0 Å². The van der Waals surface area contributed by atoms with Crippen molar-refractivity contribution in [2.24, 2.45) is 0 Å². The first-order valence-corrected chi connectivity index (χ1v) is 6.92. The Morgan fingerprint density at radius 3 is 2.90 bits per heavy atom. The van der Waals surface area contributed by atoms with E-state index < -0.39 is 0 Å². The van der Waals surface area contributed by atoms with E-state index in [-0.39, 0.29) is 17.9 Å². The first-order valence-electron chi connectivity index (χ1n) is 6.92. The number of nitrogens with one attached hydrogen (secondary N) is 2. The molecule has 0 radical (unpaired) electrons. The number of carbonyl (C=O) groups is 2. The molecule has 1 fully saturated rings. The first kappa shape index (κ1) is 14.5. The van der Waals surface area contributed by atoms with Crippen LogP contribution in [-0.4, -0.2) is 31.1 Å². The molecular formula is C15H20N2O3. The van der Waals surface area contributed by atoms with Gasteiger partial charge in [-0.15, -0.1) is 0 Å². The van der Waals surface area contributed by atoms with Crippen LogP contribution in [0, 0.1) is 0 Å². The molecule has 2 N–H and O–H groups in total. The fraction of sp³-hybridized carbons (Fsp3) is 0.467. The molecule has 1 aliphatic rings. The highest BCUT2D eigenvalue weighted by molar-refractivity contribution is 5.96. The van der Waals surface area contributed by atoms with E-state index in [2.05, 4.69) is 10.6 Å². The van der Waals surface area contributed by atoms with E-state index in [1.165, 1.54) is 6.92 Å². The van der Waals surface area contributed by atoms with Gasteiger partial charge < -0.3 is 15.4 Å². The van der Waals surface area contributed by atoms with E-state index in [9.17, 15) is 9.59 Å². The molecule has 20 heavy (non-hydrogen) atoms. The molecule has 0 aromatic heterocycles. The lowest BCUT2D eigenvalue weighted by molar-refractivity contribution is 0.0187. The maximum Gasteiger partial charge on any atom is 0.319 e. The predicted octanol–water partition coefficient (Wildman–Crippen LogP) is 2.58. The fourth-order valence-electron chi connectivity index (χ4n) is 2.17. The normalized spacial score (nSPS) is 18.4. The second kappa shape index (κ2) is 7.05. The second-order valence-corrected chi connectivity index (χ2v) is 4.96. The number of hydrogen-bond donors (Lipinski definition) is 2. The Morgan fingerprint density at radius 2 is 2.20 bits per heavy atom. The van der Waals surface area contributed by atoms with E-state index in [1.54, 1.807) is 24.3 Å². The molecule has 0 spiro atoms. The van der Waals surface area contributed by atoms with Crippen molar-refractivity contribution in [2.75, 3.05) is 18.5 Å². The first-order chi connectivity index (χ1) is 9.65. The fourth-order valence-corrected chi connectivity index (χ4v) is 2.17. The molecule has 1 saturated heterocycles. The number of anilines is 1. The van der Waals surface area contributed by atoms with Crippen molar-refractivity contribution in [1.29, 1.82) is 0 Å². The van der Waals surface area contributed by atoms with Crippen molar-refractivity contribution in [3.05, 3.63) is 29.8 Å². The van der Waals surface area contributed by atoms with Crippen molar-refractivity contribution in [1.82, 2.24) is 5.32 Å². The Kier molecular flexibility index (Phi) is 5.12. The number of hydrogen-bond acceptors (Lipinski definition) is 3. The van der Waals surface area contributed by atoms with Gasteiger partial charge in [0.25, 0.3) is 0 Å². The standard InChI is InChI=1S/C15H20N2O3/c1-11(18)12-5-4-6-13(9-12)17-15(19)16-10-14-7-2-3-8-20-14/h4-6,9,14H,2-3,7-8,10H2,1H3,(H2,16,17,19). The summed E-state index contributed by atoms with van der Waals surface area (Å²) in [5.74, 6) is -0.0235. The van der Waals surface area contributed by atoms with Crippen molar-refractivity contribution < 1.29 is 14.3 Å².